The number of aromatic nitrogens is 3. The quantitative estimate of drug-likeness (QED) is 0.128. The molecule has 0 N–H and O–H groups in total. The van der Waals surface area contributed by atoms with E-state index in [9.17, 15) is 0 Å². The van der Waals surface area contributed by atoms with Gasteiger partial charge >= 0.3 is 0 Å². The molecule has 4 nitrogen and oxygen atoms in total. The molecule has 0 aliphatic carbocycles. The molecule has 70 heavy (non-hydrogen) atoms. The number of fused-ring (bicyclic) bond motifs is 2. The smallest absolute Gasteiger partial charge is 0.243 e. The highest BCUT2D eigenvalue weighted by Crippen LogP contribution is 2.42. The van der Waals surface area contributed by atoms with Crippen molar-refractivity contribution in [1.29, 1.82) is 0 Å². The number of nitrogens with zero attached hydrogens (tertiary/aromatic N) is 4. The van der Waals surface area contributed by atoms with Crippen LogP contribution in [0, 0.1) is 41.5 Å². The fourth-order valence-corrected chi connectivity index (χ4v) is 11.0. The summed E-state index contributed by atoms with van der Waals surface area (Å²) in [5.74, 6) is 1.71. The standard InChI is InChI=1S/C65H53BN4/c1-42-38-44(3)61(45(4)39-42)66(62-46(5)40-43(2)41-47(62)6)58-36-37-59(56-29-19-18-28-55(56)58)70(53-33-30-49(31-34-53)48-20-10-7-11-21-48)65-68-63(52-25-14-9-15-26-52)67-64(69-65)57-35-32-50-22-16-17-27-54(50)60(57)51-23-12-8-13-24-51/h7-41H,1-6H3. The molecule has 10 aromatic carbocycles. The van der Waals surface area contributed by atoms with Crippen molar-refractivity contribution >= 4 is 62.0 Å². The van der Waals surface area contributed by atoms with Gasteiger partial charge in [-0.1, -0.05) is 238 Å². The Balaban J connectivity index is 1.20. The molecule has 0 saturated heterocycles. The second kappa shape index (κ2) is 18.6. The maximum Gasteiger partial charge on any atom is 0.243 e. The first-order valence-electron chi connectivity index (χ1n) is 24.2. The van der Waals surface area contributed by atoms with Crippen molar-refractivity contribution in [3.05, 3.63) is 246 Å². The Morgan fingerprint density at radius 3 is 1.46 bits per heavy atom. The molecule has 336 valence electrons. The monoisotopic (exact) mass is 900 g/mol. The topological polar surface area (TPSA) is 41.9 Å². The zero-order chi connectivity index (χ0) is 47.9. The molecule has 0 unspecified atom stereocenters. The van der Waals surface area contributed by atoms with Crippen molar-refractivity contribution in [2.75, 3.05) is 4.90 Å². The molecule has 11 rings (SSSR count). The van der Waals surface area contributed by atoms with Gasteiger partial charge in [0.15, 0.2) is 11.6 Å². The molecule has 0 spiro atoms. The number of rotatable bonds is 10. The highest BCUT2D eigenvalue weighted by molar-refractivity contribution is 6.98. The van der Waals surface area contributed by atoms with Crippen molar-refractivity contribution in [1.82, 2.24) is 15.0 Å². The Labute approximate surface area is 412 Å². The lowest BCUT2D eigenvalue weighted by Crippen LogP contribution is -2.56. The molecule has 11 aromatic rings. The van der Waals surface area contributed by atoms with Crippen LogP contribution in [0.1, 0.15) is 33.4 Å². The third-order valence-corrected chi connectivity index (χ3v) is 13.9. The van der Waals surface area contributed by atoms with Crippen LogP contribution in [0.2, 0.25) is 0 Å². The molecule has 0 aliphatic rings. The molecule has 0 saturated carbocycles. The van der Waals surface area contributed by atoms with Gasteiger partial charge in [0, 0.05) is 27.8 Å². The van der Waals surface area contributed by atoms with Crippen molar-refractivity contribution in [3.63, 3.8) is 0 Å². The van der Waals surface area contributed by atoms with E-state index >= 15 is 0 Å². The molecule has 0 amide bonds. The second-order valence-corrected chi connectivity index (χ2v) is 18.7. The zero-order valence-corrected chi connectivity index (χ0v) is 40.6. The molecular weight excluding hydrogens is 848 g/mol. The Morgan fingerprint density at radius 2 is 0.857 bits per heavy atom. The van der Waals surface area contributed by atoms with Gasteiger partial charge in [-0.25, -0.2) is 4.98 Å². The number of anilines is 3. The summed E-state index contributed by atoms with van der Waals surface area (Å²) in [6.45, 7) is 13.5. The van der Waals surface area contributed by atoms with Gasteiger partial charge in [0.25, 0.3) is 0 Å². The van der Waals surface area contributed by atoms with Gasteiger partial charge in [-0.2, -0.15) is 9.97 Å². The summed E-state index contributed by atoms with van der Waals surface area (Å²) in [6, 6.07) is 76.0. The van der Waals surface area contributed by atoms with E-state index in [1.165, 1.54) is 55.2 Å². The summed E-state index contributed by atoms with van der Waals surface area (Å²) >= 11 is 0. The Kier molecular flexibility index (Phi) is 11.7. The summed E-state index contributed by atoms with van der Waals surface area (Å²) < 4.78 is 0. The maximum absolute atomic E-state index is 5.58. The lowest BCUT2D eigenvalue weighted by molar-refractivity contribution is 1.03. The van der Waals surface area contributed by atoms with Crippen LogP contribution in [0.15, 0.2) is 212 Å². The minimum absolute atomic E-state index is 0.0171. The predicted octanol–water partition coefficient (Wildman–Crippen LogP) is 14.7. The van der Waals surface area contributed by atoms with Crippen LogP contribution in [0.25, 0.3) is 66.6 Å². The fraction of sp³-hybridized carbons (Fsp3) is 0.0923. The van der Waals surface area contributed by atoms with Gasteiger partial charge in [-0.15, -0.1) is 0 Å². The Bertz CT molecular complexity index is 3620. The largest absolute Gasteiger partial charge is 0.278 e. The molecule has 0 fully saturated rings. The molecule has 0 atom stereocenters. The zero-order valence-electron chi connectivity index (χ0n) is 40.6. The van der Waals surface area contributed by atoms with Crippen molar-refractivity contribution in [2.45, 2.75) is 41.5 Å². The first-order valence-corrected chi connectivity index (χ1v) is 24.2. The van der Waals surface area contributed by atoms with Crippen LogP contribution >= 0.6 is 0 Å². The Morgan fingerprint density at radius 1 is 0.371 bits per heavy atom. The van der Waals surface area contributed by atoms with Gasteiger partial charge < -0.3 is 0 Å². The van der Waals surface area contributed by atoms with Crippen LogP contribution in [0.4, 0.5) is 17.3 Å². The highest BCUT2D eigenvalue weighted by Gasteiger charge is 2.31. The van der Waals surface area contributed by atoms with Crippen LogP contribution in [0.3, 0.4) is 0 Å². The molecule has 5 heteroatoms. The van der Waals surface area contributed by atoms with Gasteiger partial charge in [0.05, 0.1) is 5.69 Å². The van der Waals surface area contributed by atoms with E-state index in [0.29, 0.717) is 17.6 Å². The van der Waals surface area contributed by atoms with E-state index in [1.54, 1.807) is 0 Å². The summed E-state index contributed by atoms with van der Waals surface area (Å²) in [6.07, 6.45) is 0. The Hall–Kier alpha value is -8.41. The molecule has 1 heterocycles. The van der Waals surface area contributed by atoms with Gasteiger partial charge in [0.2, 0.25) is 12.7 Å². The van der Waals surface area contributed by atoms with Gasteiger partial charge in [0.1, 0.15) is 0 Å². The molecule has 1 aromatic heterocycles. The SMILES string of the molecule is Cc1cc(C)c(B(c2c(C)cc(C)cc2C)c2ccc(N(c3ccc(-c4ccccc4)cc3)c3nc(-c4ccccc4)nc(-c4ccc5ccccc5c4-c4ccccc4)n3)c3ccccc23)c(C)c1. The normalized spacial score (nSPS) is 11.3. The molecule has 0 radical (unpaired) electrons. The average molecular weight is 901 g/mol. The van der Waals surface area contributed by atoms with Crippen LogP contribution < -0.4 is 21.3 Å². The molecular formula is C65H53BN4. The second-order valence-electron chi connectivity index (χ2n) is 18.7. The van der Waals surface area contributed by atoms with Crippen LogP contribution in [-0.2, 0) is 0 Å². The number of hydrogen-bond acceptors (Lipinski definition) is 4. The molecule has 0 bridgehead atoms. The average Bonchev–Trinajstić information content (AvgIpc) is 3.38. The van der Waals surface area contributed by atoms with Crippen molar-refractivity contribution < 1.29 is 0 Å². The third kappa shape index (κ3) is 8.24. The lowest BCUT2D eigenvalue weighted by atomic mass is 9.33. The maximum atomic E-state index is 5.58. The van der Waals surface area contributed by atoms with E-state index in [4.69, 9.17) is 15.0 Å². The minimum Gasteiger partial charge on any atom is -0.278 e. The summed E-state index contributed by atoms with van der Waals surface area (Å²) in [7, 11) is 0. The first kappa shape index (κ1) is 44.1. The first-order chi connectivity index (χ1) is 34.2. The van der Waals surface area contributed by atoms with Crippen LogP contribution in [0.5, 0.6) is 0 Å². The fourth-order valence-electron chi connectivity index (χ4n) is 11.0. The van der Waals surface area contributed by atoms with Gasteiger partial charge in [-0.3, -0.25) is 4.90 Å². The van der Waals surface area contributed by atoms with E-state index in [-0.39, 0.29) is 6.71 Å². The summed E-state index contributed by atoms with van der Waals surface area (Å²) in [4.78, 5) is 18.6. The van der Waals surface area contributed by atoms with E-state index in [1.807, 2.05) is 18.2 Å². The summed E-state index contributed by atoms with van der Waals surface area (Å²) in [5.41, 5.74) is 19.9. The van der Waals surface area contributed by atoms with Crippen LogP contribution in [-0.4, -0.2) is 21.7 Å². The van der Waals surface area contributed by atoms with Crippen molar-refractivity contribution in [2.24, 2.45) is 0 Å². The lowest BCUT2D eigenvalue weighted by Gasteiger charge is -2.29. The highest BCUT2D eigenvalue weighted by atomic mass is 15.3. The third-order valence-electron chi connectivity index (χ3n) is 13.9. The van der Waals surface area contributed by atoms with E-state index in [2.05, 4.69) is 241 Å². The minimum atomic E-state index is -0.0171. The predicted molar refractivity (Wildman–Crippen MR) is 297 cm³/mol. The van der Waals surface area contributed by atoms with E-state index in [0.717, 1.165) is 60.9 Å². The number of aryl methyl sites for hydroxylation is 6. The summed E-state index contributed by atoms with van der Waals surface area (Å²) in [5, 5.41) is 4.56. The number of hydrogen-bond donors (Lipinski definition) is 0. The van der Waals surface area contributed by atoms with Crippen molar-refractivity contribution in [3.8, 4) is 45.0 Å². The number of benzene rings is 10. The van der Waals surface area contributed by atoms with E-state index < -0.39 is 0 Å². The molecule has 0 aliphatic heterocycles. The van der Waals surface area contributed by atoms with Gasteiger partial charge in [-0.05, 0) is 98.7 Å².